The molecule has 0 saturated carbocycles. The van der Waals surface area contributed by atoms with Crippen LogP contribution in [0.5, 0.6) is 0 Å². The van der Waals surface area contributed by atoms with Crippen molar-refractivity contribution in [3.05, 3.63) is 29.7 Å². The lowest BCUT2D eigenvalue weighted by molar-refractivity contribution is 0.908. The van der Waals surface area contributed by atoms with E-state index in [1.807, 2.05) is 22.7 Å². The summed E-state index contributed by atoms with van der Waals surface area (Å²) in [6, 6.07) is 3.95. The van der Waals surface area contributed by atoms with E-state index in [2.05, 4.69) is 17.1 Å². The molecule has 0 saturated heterocycles. The first-order chi connectivity index (χ1) is 6.36. The van der Waals surface area contributed by atoms with Crippen LogP contribution in [0.2, 0.25) is 0 Å². The molecule has 0 aromatic carbocycles. The first-order valence-corrected chi connectivity index (χ1v) is 4.38. The quantitative estimate of drug-likeness (QED) is 0.734. The summed E-state index contributed by atoms with van der Waals surface area (Å²) in [6.45, 7) is 2.57. The summed E-state index contributed by atoms with van der Waals surface area (Å²) in [5.41, 5.74) is 7.50. The molecule has 0 unspecified atom stereocenters. The summed E-state index contributed by atoms with van der Waals surface area (Å²) in [5, 5.41) is 8.17. The number of aryl methyl sites for hydroxylation is 1. The Labute approximate surface area is 76.4 Å². The van der Waals surface area contributed by atoms with E-state index in [4.69, 9.17) is 5.73 Å². The van der Waals surface area contributed by atoms with Crippen LogP contribution in [0.4, 0.5) is 0 Å². The van der Waals surface area contributed by atoms with Crippen LogP contribution in [-0.4, -0.2) is 14.6 Å². The summed E-state index contributed by atoms with van der Waals surface area (Å²) in [4.78, 5) is 0. The number of aromatic nitrogens is 3. The molecule has 13 heavy (non-hydrogen) atoms. The van der Waals surface area contributed by atoms with Gasteiger partial charge in [0.05, 0.1) is 0 Å². The maximum Gasteiger partial charge on any atom is 0.165 e. The van der Waals surface area contributed by atoms with Gasteiger partial charge in [-0.3, -0.25) is 4.40 Å². The molecule has 2 rings (SSSR count). The van der Waals surface area contributed by atoms with Gasteiger partial charge in [0.2, 0.25) is 0 Å². The van der Waals surface area contributed by atoms with Crippen molar-refractivity contribution < 1.29 is 0 Å². The zero-order valence-corrected chi connectivity index (χ0v) is 7.57. The van der Waals surface area contributed by atoms with Crippen LogP contribution >= 0.6 is 0 Å². The molecule has 0 radical (unpaired) electrons. The molecule has 4 heteroatoms. The van der Waals surface area contributed by atoms with Crippen molar-refractivity contribution in [3.63, 3.8) is 0 Å². The third kappa shape index (κ3) is 1.19. The fourth-order valence-corrected chi connectivity index (χ4v) is 1.42. The van der Waals surface area contributed by atoms with E-state index in [0.29, 0.717) is 6.54 Å². The Morgan fingerprint density at radius 3 is 3.00 bits per heavy atom. The van der Waals surface area contributed by atoms with Crippen molar-refractivity contribution in [3.8, 4) is 0 Å². The SMILES string of the molecule is CCc1nnc2c(CN)cccn12. The fourth-order valence-electron chi connectivity index (χ4n) is 1.42. The molecule has 0 aliphatic rings. The Morgan fingerprint density at radius 2 is 2.31 bits per heavy atom. The molecule has 2 aromatic heterocycles. The van der Waals surface area contributed by atoms with Crippen LogP contribution < -0.4 is 5.73 Å². The van der Waals surface area contributed by atoms with Crippen molar-refractivity contribution in [1.82, 2.24) is 14.6 Å². The molecule has 0 aliphatic heterocycles. The summed E-state index contributed by atoms with van der Waals surface area (Å²) >= 11 is 0. The van der Waals surface area contributed by atoms with Gasteiger partial charge in [0.25, 0.3) is 0 Å². The molecule has 0 aliphatic carbocycles. The van der Waals surface area contributed by atoms with Crippen LogP contribution in [0, 0.1) is 0 Å². The normalized spacial score (nSPS) is 10.9. The van der Waals surface area contributed by atoms with E-state index in [9.17, 15) is 0 Å². The van der Waals surface area contributed by atoms with E-state index in [-0.39, 0.29) is 0 Å². The average molecular weight is 176 g/mol. The third-order valence-corrected chi connectivity index (χ3v) is 2.12. The second-order valence-electron chi connectivity index (χ2n) is 2.90. The van der Waals surface area contributed by atoms with Crippen molar-refractivity contribution >= 4 is 5.65 Å². The summed E-state index contributed by atoms with van der Waals surface area (Å²) in [6.07, 6.45) is 2.85. The molecule has 2 heterocycles. The van der Waals surface area contributed by atoms with Crippen LogP contribution in [0.1, 0.15) is 18.3 Å². The summed E-state index contributed by atoms with van der Waals surface area (Å²) < 4.78 is 1.99. The highest BCUT2D eigenvalue weighted by molar-refractivity contribution is 5.47. The van der Waals surface area contributed by atoms with E-state index in [1.165, 1.54) is 0 Å². The molecule has 2 N–H and O–H groups in total. The zero-order valence-electron chi connectivity index (χ0n) is 7.57. The molecule has 68 valence electrons. The Bertz CT molecular complexity index is 418. The number of nitrogens with two attached hydrogens (primary N) is 1. The van der Waals surface area contributed by atoms with Crippen LogP contribution in [0.15, 0.2) is 18.3 Å². The third-order valence-electron chi connectivity index (χ3n) is 2.12. The van der Waals surface area contributed by atoms with Gasteiger partial charge in [0.15, 0.2) is 5.65 Å². The molecular weight excluding hydrogens is 164 g/mol. The van der Waals surface area contributed by atoms with Gasteiger partial charge >= 0.3 is 0 Å². The standard InChI is InChI=1S/C9H12N4/c1-2-8-11-12-9-7(6-10)4-3-5-13(8)9/h3-5H,2,6,10H2,1H3. The van der Waals surface area contributed by atoms with Crippen LogP contribution in [0.25, 0.3) is 5.65 Å². The van der Waals surface area contributed by atoms with E-state index in [0.717, 1.165) is 23.5 Å². The van der Waals surface area contributed by atoms with Crippen LogP contribution in [-0.2, 0) is 13.0 Å². The Morgan fingerprint density at radius 1 is 1.46 bits per heavy atom. The van der Waals surface area contributed by atoms with Crippen molar-refractivity contribution in [2.24, 2.45) is 5.73 Å². The second-order valence-corrected chi connectivity index (χ2v) is 2.90. The highest BCUT2D eigenvalue weighted by Crippen LogP contribution is 2.09. The van der Waals surface area contributed by atoms with Crippen LogP contribution in [0.3, 0.4) is 0 Å². The first kappa shape index (κ1) is 8.19. The maximum atomic E-state index is 5.59. The van der Waals surface area contributed by atoms with E-state index >= 15 is 0 Å². The lowest BCUT2D eigenvalue weighted by atomic mass is 10.2. The lowest BCUT2D eigenvalue weighted by Crippen LogP contribution is -2.00. The molecule has 0 amide bonds. The summed E-state index contributed by atoms with van der Waals surface area (Å²) in [5.74, 6) is 0.977. The predicted molar refractivity (Wildman–Crippen MR) is 50.3 cm³/mol. The van der Waals surface area contributed by atoms with Gasteiger partial charge < -0.3 is 5.73 Å². The monoisotopic (exact) mass is 176 g/mol. The first-order valence-electron chi connectivity index (χ1n) is 4.38. The lowest BCUT2D eigenvalue weighted by Gasteiger charge is -1.99. The minimum Gasteiger partial charge on any atom is -0.326 e. The number of pyridine rings is 1. The highest BCUT2D eigenvalue weighted by Gasteiger charge is 2.05. The predicted octanol–water partition coefficient (Wildman–Crippen LogP) is 0.750. The topological polar surface area (TPSA) is 56.2 Å². The minimum atomic E-state index is 0.506. The van der Waals surface area contributed by atoms with Gasteiger partial charge in [0, 0.05) is 24.7 Å². The largest absolute Gasteiger partial charge is 0.326 e. The molecule has 0 bridgehead atoms. The smallest absolute Gasteiger partial charge is 0.165 e. The van der Waals surface area contributed by atoms with Gasteiger partial charge in [-0.15, -0.1) is 10.2 Å². The molecule has 0 atom stereocenters. The van der Waals surface area contributed by atoms with Crippen molar-refractivity contribution in [2.75, 3.05) is 0 Å². The zero-order chi connectivity index (χ0) is 9.26. The molecule has 0 spiro atoms. The maximum absolute atomic E-state index is 5.59. The Kier molecular flexibility index (Phi) is 1.98. The minimum absolute atomic E-state index is 0.506. The molecular formula is C9H12N4. The Hall–Kier alpha value is -1.42. The van der Waals surface area contributed by atoms with Crippen molar-refractivity contribution in [2.45, 2.75) is 19.9 Å². The molecule has 2 aromatic rings. The number of hydrogen-bond donors (Lipinski definition) is 1. The average Bonchev–Trinajstić information content (AvgIpc) is 2.60. The number of fused-ring (bicyclic) bond motifs is 1. The highest BCUT2D eigenvalue weighted by atomic mass is 15.2. The van der Waals surface area contributed by atoms with E-state index in [1.54, 1.807) is 0 Å². The summed E-state index contributed by atoms with van der Waals surface area (Å²) in [7, 11) is 0. The Balaban J connectivity index is 2.72. The van der Waals surface area contributed by atoms with Gasteiger partial charge in [-0.1, -0.05) is 13.0 Å². The molecule has 4 nitrogen and oxygen atoms in total. The molecule has 0 fully saturated rings. The van der Waals surface area contributed by atoms with Crippen molar-refractivity contribution in [1.29, 1.82) is 0 Å². The van der Waals surface area contributed by atoms with Gasteiger partial charge in [-0.25, -0.2) is 0 Å². The number of nitrogens with zero attached hydrogens (tertiary/aromatic N) is 3. The van der Waals surface area contributed by atoms with E-state index < -0.39 is 0 Å². The number of rotatable bonds is 2. The van der Waals surface area contributed by atoms with Gasteiger partial charge in [-0.05, 0) is 6.07 Å². The number of hydrogen-bond acceptors (Lipinski definition) is 3. The fraction of sp³-hybridized carbons (Fsp3) is 0.333. The second kappa shape index (κ2) is 3.14. The van der Waals surface area contributed by atoms with Gasteiger partial charge in [0.1, 0.15) is 5.82 Å². The van der Waals surface area contributed by atoms with Gasteiger partial charge in [-0.2, -0.15) is 0 Å².